The van der Waals surface area contributed by atoms with E-state index in [1.807, 2.05) is 0 Å². The molecule has 1 saturated heterocycles. The first-order chi connectivity index (χ1) is 9.04. The molecule has 3 nitrogen and oxygen atoms in total. The van der Waals surface area contributed by atoms with Crippen molar-refractivity contribution >= 4 is 29.0 Å². The molecule has 19 heavy (non-hydrogen) atoms. The third-order valence-corrected chi connectivity index (χ3v) is 3.61. The summed E-state index contributed by atoms with van der Waals surface area (Å²) in [6, 6.07) is 4.09. The van der Waals surface area contributed by atoms with Crippen LogP contribution in [0.1, 0.15) is 26.2 Å². The zero-order valence-electron chi connectivity index (χ0n) is 10.7. The van der Waals surface area contributed by atoms with Gasteiger partial charge in [-0.1, -0.05) is 18.5 Å². The predicted molar refractivity (Wildman–Crippen MR) is 71.8 cm³/mol. The molecule has 0 aromatic heterocycles. The number of nitrogens with zero attached hydrogens (tertiary/aromatic N) is 1. The van der Waals surface area contributed by atoms with Gasteiger partial charge in [0.2, 0.25) is 5.91 Å². The number of Topliss-reactive ketones (excluding diaryl/α,β-unsaturated/α-hetero) is 1. The average molecular weight is 284 g/mol. The molecular formula is C14H15ClFNO2. The Bertz CT molecular complexity index is 518. The van der Waals surface area contributed by atoms with Crippen molar-refractivity contribution in [2.45, 2.75) is 26.2 Å². The molecule has 0 bridgehead atoms. The number of rotatable bonds is 3. The topological polar surface area (TPSA) is 37.4 Å². The Labute approximate surface area is 116 Å². The largest absolute Gasteiger partial charge is 0.309 e. The number of hydrogen-bond donors (Lipinski definition) is 0. The number of anilines is 1. The van der Waals surface area contributed by atoms with Crippen molar-refractivity contribution < 1.29 is 14.0 Å². The van der Waals surface area contributed by atoms with Gasteiger partial charge in [-0.3, -0.25) is 9.59 Å². The Kier molecular flexibility index (Phi) is 4.20. The van der Waals surface area contributed by atoms with Gasteiger partial charge in [-0.25, -0.2) is 4.39 Å². The van der Waals surface area contributed by atoms with Crippen molar-refractivity contribution in [3.63, 3.8) is 0 Å². The van der Waals surface area contributed by atoms with E-state index in [1.165, 1.54) is 23.1 Å². The Morgan fingerprint density at radius 1 is 1.53 bits per heavy atom. The molecule has 1 aliphatic rings. The number of ketones is 1. The maximum Gasteiger partial charge on any atom is 0.237 e. The van der Waals surface area contributed by atoms with E-state index in [2.05, 4.69) is 0 Å². The Balaban J connectivity index is 2.31. The lowest BCUT2D eigenvalue weighted by Gasteiger charge is -2.31. The molecule has 1 fully saturated rings. The van der Waals surface area contributed by atoms with Crippen LogP contribution in [-0.2, 0) is 9.59 Å². The summed E-state index contributed by atoms with van der Waals surface area (Å²) in [5.41, 5.74) is 0.158. The second-order valence-corrected chi connectivity index (χ2v) is 5.04. The van der Waals surface area contributed by atoms with Crippen LogP contribution in [0.25, 0.3) is 0 Å². The Morgan fingerprint density at radius 2 is 2.26 bits per heavy atom. The number of carbonyl (C=O) groups excluding carboxylic acids is 2. The number of amides is 1. The van der Waals surface area contributed by atoms with Crippen LogP contribution in [0.3, 0.4) is 0 Å². The van der Waals surface area contributed by atoms with E-state index in [1.54, 1.807) is 6.92 Å². The summed E-state index contributed by atoms with van der Waals surface area (Å²) < 4.78 is 13.8. The quantitative estimate of drug-likeness (QED) is 0.799. The highest BCUT2D eigenvalue weighted by Crippen LogP contribution is 2.29. The number of carbonyl (C=O) groups is 2. The van der Waals surface area contributed by atoms with E-state index in [9.17, 15) is 14.0 Å². The van der Waals surface area contributed by atoms with Gasteiger partial charge in [-0.2, -0.15) is 0 Å². The molecule has 0 radical (unpaired) electrons. The molecule has 0 spiro atoms. The standard InChI is InChI=1S/C14H15ClFNO2/c1-2-13(18)10-4-3-7-17(14(10)19)12-8-9(15)5-6-11(12)16/h5-6,8,10H,2-4,7H2,1H3/t10-/m1/s1. The minimum atomic E-state index is -0.642. The summed E-state index contributed by atoms with van der Waals surface area (Å²) in [5.74, 6) is -1.55. The van der Waals surface area contributed by atoms with Crippen LogP contribution in [0, 0.1) is 11.7 Å². The minimum Gasteiger partial charge on any atom is -0.309 e. The van der Waals surface area contributed by atoms with Crippen LogP contribution >= 0.6 is 11.6 Å². The van der Waals surface area contributed by atoms with Gasteiger partial charge >= 0.3 is 0 Å². The zero-order valence-corrected chi connectivity index (χ0v) is 11.4. The second kappa shape index (κ2) is 5.70. The van der Waals surface area contributed by atoms with Crippen LogP contribution in [0.15, 0.2) is 18.2 Å². The first-order valence-electron chi connectivity index (χ1n) is 6.33. The minimum absolute atomic E-state index is 0.0860. The van der Waals surface area contributed by atoms with Crippen LogP contribution in [0.5, 0.6) is 0 Å². The fourth-order valence-electron chi connectivity index (χ4n) is 2.35. The number of halogens is 2. The second-order valence-electron chi connectivity index (χ2n) is 4.60. The molecule has 1 aromatic rings. The fraction of sp³-hybridized carbons (Fsp3) is 0.429. The molecule has 2 rings (SSSR count). The van der Waals surface area contributed by atoms with Crippen molar-refractivity contribution in [3.8, 4) is 0 Å². The summed E-state index contributed by atoms with van der Waals surface area (Å²) in [5, 5.41) is 0.369. The predicted octanol–water partition coefficient (Wildman–Crippen LogP) is 3.20. The first kappa shape index (κ1) is 14.0. The molecule has 1 aromatic carbocycles. The lowest BCUT2D eigenvalue weighted by molar-refractivity contribution is -0.133. The van der Waals surface area contributed by atoms with Crippen LogP contribution in [-0.4, -0.2) is 18.2 Å². The van der Waals surface area contributed by atoms with Crippen molar-refractivity contribution in [3.05, 3.63) is 29.0 Å². The van der Waals surface area contributed by atoms with Gasteiger partial charge < -0.3 is 4.90 Å². The molecule has 0 aliphatic carbocycles. The summed E-state index contributed by atoms with van der Waals surface area (Å²) in [6.07, 6.45) is 1.56. The number of hydrogen-bond acceptors (Lipinski definition) is 2. The van der Waals surface area contributed by atoms with Gasteiger partial charge in [0.05, 0.1) is 11.6 Å². The molecule has 5 heteroatoms. The lowest BCUT2D eigenvalue weighted by Crippen LogP contribution is -2.44. The summed E-state index contributed by atoms with van der Waals surface area (Å²) >= 11 is 5.84. The van der Waals surface area contributed by atoms with Crippen molar-refractivity contribution in [1.29, 1.82) is 0 Å². The summed E-state index contributed by atoms with van der Waals surface area (Å²) in [4.78, 5) is 25.4. The van der Waals surface area contributed by atoms with E-state index >= 15 is 0 Å². The van der Waals surface area contributed by atoms with E-state index in [0.29, 0.717) is 30.8 Å². The molecule has 1 atom stereocenters. The van der Waals surface area contributed by atoms with Crippen LogP contribution in [0.2, 0.25) is 5.02 Å². The highest BCUT2D eigenvalue weighted by atomic mass is 35.5. The van der Waals surface area contributed by atoms with E-state index in [4.69, 9.17) is 11.6 Å². The highest BCUT2D eigenvalue weighted by molar-refractivity contribution is 6.31. The maximum absolute atomic E-state index is 13.8. The smallest absolute Gasteiger partial charge is 0.237 e. The van der Waals surface area contributed by atoms with Gasteiger partial charge in [0.25, 0.3) is 0 Å². The van der Waals surface area contributed by atoms with Gasteiger partial charge in [-0.05, 0) is 31.0 Å². The van der Waals surface area contributed by atoms with E-state index < -0.39 is 11.7 Å². The third-order valence-electron chi connectivity index (χ3n) is 3.37. The van der Waals surface area contributed by atoms with Gasteiger partial charge in [0.15, 0.2) is 0 Å². The Morgan fingerprint density at radius 3 is 2.95 bits per heavy atom. The molecule has 1 amide bonds. The molecule has 102 valence electrons. The SMILES string of the molecule is CCC(=O)[C@H]1CCCN(c2cc(Cl)ccc2F)C1=O. The van der Waals surface area contributed by atoms with Gasteiger partial charge in [0, 0.05) is 18.0 Å². The zero-order chi connectivity index (χ0) is 14.0. The summed E-state index contributed by atoms with van der Waals surface area (Å²) in [6.45, 7) is 2.15. The molecular weight excluding hydrogens is 269 g/mol. The van der Waals surface area contributed by atoms with Gasteiger partial charge in [0.1, 0.15) is 11.6 Å². The molecule has 0 saturated carbocycles. The highest BCUT2D eigenvalue weighted by Gasteiger charge is 2.34. The van der Waals surface area contributed by atoms with E-state index in [0.717, 1.165) is 0 Å². The maximum atomic E-state index is 13.8. The molecule has 1 heterocycles. The van der Waals surface area contributed by atoms with E-state index in [-0.39, 0.29) is 17.4 Å². The van der Waals surface area contributed by atoms with Crippen LogP contribution < -0.4 is 4.90 Å². The monoisotopic (exact) mass is 283 g/mol. The number of piperidine rings is 1. The summed E-state index contributed by atoms with van der Waals surface area (Å²) in [7, 11) is 0. The molecule has 1 aliphatic heterocycles. The first-order valence-corrected chi connectivity index (χ1v) is 6.71. The Hall–Kier alpha value is -1.42. The van der Waals surface area contributed by atoms with Crippen molar-refractivity contribution in [2.24, 2.45) is 5.92 Å². The molecule has 0 unspecified atom stereocenters. The third kappa shape index (κ3) is 2.78. The number of benzene rings is 1. The normalized spacial score (nSPS) is 19.6. The molecule has 0 N–H and O–H groups in total. The van der Waals surface area contributed by atoms with Crippen molar-refractivity contribution in [2.75, 3.05) is 11.4 Å². The lowest BCUT2D eigenvalue weighted by atomic mass is 9.91. The van der Waals surface area contributed by atoms with Crippen LogP contribution in [0.4, 0.5) is 10.1 Å². The van der Waals surface area contributed by atoms with Crippen molar-refractivity contribution in [1.82, 2.24) is 0 Å². The average Bonchev–Trinajstić information content (AvgIpc) is 2.41. The van der Waals surface area contributed by atoms with Gasteiger partial charge in [-0.15, -0.1) is 0 Å². The fourth-order valence-corrected chi connectivity index (χ4v) is 2.52.